The molecule has 32 heavy (non-hydrogen) atoms. The summed E-state index contributed by atoms with van der Waals surface area (Å²) in [6.07, 6.45) is 0. The maximum atomic E-state index is 13.2. The average molecular weight is 472 g/mol. The number of nitrogens with one attached hydrogen (secondary N) is 2. The van der Waals surface area contributed by atoms with Crippen LogP contribution in [0.5, 0.6) is 5.75 Å². The third kappa shape index (κ3) is 4.77. The summed E-state index contributed by atoms with van der Waals surface area (Å²) in [4.78, 5) is 3.61. The highest BCUT2D eigenvalue weighted by atomic mass is 32.2. The fourth-order valence-corrected chi connectivity index (χ4v) is 6.19. The summed E-state index contributed by atoms with van der Waals surface area (Å²) in [5.74, 6) is 0.487. The third-order valence-electron chi connectivity index (χ3n) is 5.64. The average Bonchev–Trinajstić information content (AvgIpc) is 3.27. The molecule has 8 heteroatoms. The first-order valence-electron chi connectivity index (χ1n) is 10.6. The molecule has 1 saturated heterocycles. The molecule has 1 aliphatic heterocycles. The van der Waals surface area contributed by atoms with Gasteiger partial charge in [-0.2, -0.15) is 0 Å². The molecule has 0 spiro atoms. The van der Waals surface area contributed by atoms with E-state index in [0.717, 1.165) is 34.8 Å². The number of nitrogens with zero attached hydrogens (tertiary/aromatic N) is 1. The van der Waals surface area contributed by atoms with E-state index in [1.54, 1.807) is 30.6 Å². The molecule has 3 aromatic rings. The molecule has 0 bridgehead atoms. The second kappa shape index (κ2) is 9.13. The predicted molar refractivity (Wildman–Crippen MR) is 133 cm³/mol. The van der Waals surface area contributed by atoms with Gasteiger partial charge in [0, 0.05) is 35.7 Å². The van der Waals surface area contributed by atoms with E-state index in [1.807, 2.05) is 48.7 Å². The topological polar surface area (TPSA) is 70.7 Å². The quantitative estimate of drug-likeness (QED) is 0.544. The molecule has 0 radical (unpaired) electrons. The standard InChI is InChI=1S/C24H29N3O3S2/c1-16-12-20(8-9-21(16)24-6-5-11-31-24)32(28,29)26-22-13-19(7-10-23(22)30-4)27-14-17(2)25-18(3)15-27/h5-13,17-18,25-26H,14-15H2,1-4H3. The highest BCUT2D eigenvalue weighted by molar-refractivity contribution is 7.92. The number of piperazine rings is 1. The molecular weight excluding hydrogens is 442 g/mol. The lowest BCUT2D eigenvalue weighted by Crippen LogP contribution is -2.54. The number of sulfonamides is 1. The zero-order valence-corrected chi connectivity index (χ0v) is 20.4. The van der Waals surface area contributed by atoms with Crippen LogP contribution < -0.4 is 19.7 Å². The van der Waals surface area contributed by atoms with E-state index in [0.29, 0.717) is 23.5 Å². The zero-order valence-electron chi connectivity index (χ0n) is 18.8. The van der Waals surface area contributed by atoms with Crippen molar-refractivity contribution >= 4 is 32.7 Å². The van der Waals surface area contributed by atoms with Gasteiger partial charge in [-0.15, -0.1) is 11.3 Å². The van der Waals surface area contributed by atoms with Crippen molar-refractivity contribution in [3.8, 4) is 16.2 Å². The fraction of sp³-hybridized carbons (Fsp3) is 0.333. The second-order valence-corrected chi connectivity index (χ2v) is 10.9. The fourth-order valence-electron chi connectivity index (χ4n) is 4.23. The molecule has 2 N–H and O–H groups in total. The van der Waals surface area contributed by atoms with E-state index in [-0.39, 0.29) is 4.90 Å². The second-order valence-electron chi connectivity index (χ2n) is 8.32. The van der Waals surface area contributed by atoms with Crippen molar-refractivity contribution in [2.24, 2.45) is 0 Å². The van der Waals surface area contributed by atoms with Crippen LogP contribution in [0.25, 0.3) is 10.4 Å². The number of aryl methyl sites for hydroxylation is 1. The van der Waals surface area contributed by atoms with Crippen LogP contribution in [0.1, 0.15) is 19.4 Å². The van der Waals surface area contributed by atoms with E-state index in [9.17, 15) is 8.42 Å². The van der Waals surface area contributed by atoms with Crippen LogP contribution in [0.2, 0.25) is 0 Å². The van der Waals surface area contributed by atoms with Gasteiger partial charge < -0.3 is 15.0 Å². The number of anilines is 2. The molecule has 4 rings (SSSR count). The molecule has 2 unspecified atom stereocenters. The number of methoxy groups -OCH3 is 1. The van der Waals surface area contributed by atoms with Gasteiger partial charge in [0.2, 0.25) is 0 Å². The SMILES string of the molecule is COc1ccc(N2CC(C)NC(C)C2)cc1NS(=O)(=O)c1ccc(-c2cccs2)c(C)c1. The molecule has 0 saturated carbocycles. The van der Waals surface area contributed by atoms with E-state index >= 15 is 0 Å². The van der Waals surface area contributed by atoms with Crippen molar-refractivity contribution in [3.05, 3.63) is 59.5 Å². The first kappa shape index (κ1) is 22.6. The van der Waals surface area contributed by atoms with Crippen molar-refractivity contribution in [2.75, 3.05) is 29.8 Å². The van der Waals surface area contributed by atoms with E-state index in [2.05, 4.69) is 28.8 Å². The van der Waals surface area contributed by atoms with Gasteiger partial charge in [-0.25, -0.2) is 8.42 Å². The summed E-state index contributed by atoms with van der Waals surface area (Å²) in [5.41, 5.74) is 3.36. The van der Waals surface area contributed by atoms with Crippen LogP contribution in [0.4, 0.5) is 11.4 Å². The van der Waals surface area contributed by atoms with Gasteiger partial charge in [0.25, 0.3) is 10.0 Å². The first-order valence-corrected chi connectivity index (χ1v) is 13.0. The lowest BCUT2D eigenvalue weighted by Gasteiger charge is -2.38. The van der Waals surface area contributed by atoms with Crippen molar-refractivity contribution in [3.63, 3.8) is 0 Å². The number of ether oxygens (including phenoxy) is 1. The Morgan fingerprint density at radius 1 is 1.09 bits per heavy atom. The Labute approximate surface area is 194 Å². The molecule has 170 valence electrons. The van der Waals surface area contributed by atoms with E-state index in [1.165, 1.54) is 0 Å². The van der Waals surface area contributed by atoms with Gasteiger partial charge in [-0.05, 0) is 73.7 Å². The summed E-state index contributed by atoms with van der Waals surface area (Å²) in [7, 11) is -2.24. The number of hydrogen-bond acceptors (Lipinski definition) is 6. The minimum absolute atomic E-state index is 0.229. The zero-order chi connectivity index (χ0) is 22.9. The molecule has 0 aliphatic carbocycles. The third-order valence-corrected chi connectivity index (χ3v) is 7.91. The molecule has 2 aromatic carbocycles. The summed E-state index contributed by atoms with van der Waals surface area (Å²) < 4.78 is 34.6. The highest BCUT2D eigenvalue weighted by Crippen LogP contribution is 2.34. The van der Waals surface area contributed by atoms with Gasteiger partial charge in [-0.1, -0.05) is 12.1 Å². The van der Waals surface area contributed by atoms with Crippen LogP contribution in [0.15, 0.2) is 58.8 Å². The smallest absolute Gasteiger partial charge is 0.262 e. The largest absolute Gasteiger partial charge is 0.495 e. The lowest BCUT2D eigenvalue weighted by molar-refractivity contribution is 0.406. The summed E-state index contributed by atoms with van der Waals surface area (Å²) >= 11 is 1.64. The van der Waals surface area contributed by atoms with Gasteiger partial charge in [0.1, 0.15) is 5.75 Å². The van der Waals surface area contributed by atoms with Crippen LogP contribution in [-0.2, 0) is 10.0 Å². The van der Waals surface area contributed by atoms with Crippen molar-refractivity contribution < 1.29 is 13.2 Å². The van der Waals surface area contributed by atoms with Crippen molar-refractivity contribution in [1.29, 1.82) is 0 Å². The lowest BCUT2D eigenvalue weighted by atomic mass is 10.1. The minimum atomic E-state index is -3.78. The van der Waals surface area contributed by atoms with Crippen LogP contribution in [-0.4, -0.2) is 40.7 Å². The Balaban J connectivity index is 1.63. The van der Waals surface area contributed by atoms with E-state index < -0.39 is 10.0 Å². The number of hydrogen-bond donors (Lipinski definition) is 2. The molecule has 1 fully saturated rings. The first-order chi connectivity index (χ1) is 15.3. The van der Waals surface area contributed by atoms with Gasteiger partial charge in [-0.3, -0.25) is 4.72 Å². The Kier molecular flexibility index (Phi) is 6.46. The Morgan fingerprint density at radius 2 is 1.84 bits per heavy atom. The van der Waals surface area contributed by atoms with Crippen molar-refractivity contribution in [2.45, 2.75) is 37.8 Å². The maximum absolute atomic E-state index is 13.2. The minimum Gasteiger partial charge on any atom is -0.495 e. The summed E-state index contributed by atoms with van der Waals surface area (Å²) in [5, 5.41) is 5.53. The van der Waals surface area contributed by atoms with Gasteiger partial charge >= 0.3 is 0 Å². The molecule has 2 heterocycles. The monoisotopic (exact) mass is 471 g/mol. The normalized spacial score (nSPS) is 19.1. The highest BCUT2D eigenvalue weighted by Gasteiger charge is 2.23. The van der Waals surface area contributed by atoms with Crippen LogP contribution >= 0.6 is 11.3 Å². The predicted octanol–water partition coefficient (Wildman–Crippen LogP) is 4.72. The molecule has 0 amide bonds. The van der Waals surface area contributed by atoms with Crippen LogP contribution in [0, 0.1) is 6.92 Å². The molecule has 2 atom stereocenters. The van der Waals surface area contributed by atoms with Crippen molar-refractivity contribution in [1.82, 2.24) is 5.32 Å². The Bertz CT molecular complexity index is 1180. The molecule has 6 nitrogen and oxygen atoms in total. The maximum Gasteiger partial charge on any atom is 0.262 e. The number of rotatable bonds is 6. The Hall–Kier alpha value is -2.55. The molecular formula is C24H29N3O3S2. The number of benzene rings is 2. The van der Waals surface area contributed by atoms with Crippen LogP contribution in [0.3, 0.4) is 0 Å². The molecule has 1 aliphatic rings. The van der Waals surface area contributed by atoms with Gasteiger partial charge in [0.15, 0.2) is 0 Å². The molecule has 1 aromatic heterocycles. The summed E-state index contributed by atoms with van der Waals surface area (Å²) in [6.45, 7) is 7.94. The Morgan fingerprint density at radius 3 is 2.47 bits per heavy atom. The van der Waals surface area contributed by atoms with E-state index in [4.69, 9.17) is 4.74 Å². The van der Waals surface area contributed by atoms with Gasteiger partial charge in [0.05, 0.1) is 17.7 Å². The summed E-state index contributed by atoms with van der Waals surface area (Å²) in [6, 6.07) is 15.6. The number of thiophene rings is 1.